The Labute approximate surface area is 129 Å². The van der Waals surface area contributed by atoms with Gasteiger partial charge in [0.15, 0.2) is 5.78 Å². The molecule has 1 heterocycles. The Morgan fingerprint density at radius 1 is 1.33 bits per heavy atom. The van der Waals surface area contributed by atoms with Crippen molar-refractivity contribution in [2.45, 2.75) is 4.90 Å². The van der Waals surface area contributed by atoms with E-state index in [0.717, 1.165) is 7.57 Å². The fourth-order valence-electron chi connectivity index (χ4n) is 1.31. The van der Waals surface area contributed by atoms with Crippen LogP contribution in [0.4, 0.5) is 4.39 Å². The summed E-state index contributed by atoms with van der Waals surface area (Å²) in [6, 6.07) is 8.23. The number of carbonyl (C=O) groups excluding carboxylic acids is 1. The molecule has 0 saturated heterocycles. The zero-order valence-corrected chi connectivity index (χ0v) is 13.8. The van der Waals surface area contributed by atoms with Crippen LogP contribution in [-0.2, 0) is 0 Å². The lowest BCUT2D eigenvalue weighted by Crippen LogP contribution is -2.01. The fraction of sp³-hybridized carbons (Fsp3) is 0.0833. The number of benzene rings is 1. The lowest BCUT2D eigenvalue weighted by molar-refractivity contribution is 0.102. The van der Waals surface area contributed by atoms with Gasteiger partial charge in [-0.2, -0.15) is 0 Å². The molecule has 0 bridgehead atoms. The van der Waals surface area contributed by atoms with Crippen LogP contribution in [0.5, 0.6) is 0 Å². The highest BCUT2D eigenvalue weighted by molar-refractivity contribution is 9.12. The number of Topliss-reactive ketones (excluding diaryl/α,β-unsaturated/α-hetero) is 1. The Balaban J connectivity index is 2.05. The first kappa shape index (κ1) is 14.2. The minimum Gasteiger partial charge on any atom is -0.293 e. The van der Waals surface area contributed by atoms with Crippen LogP contribution in [0.25, 0.3) is 0 Å². The molecule has 18 heavy (non-hydrogen) atoms. The van der Waals surface area contributed by atoms with Crippen molar-refractivity contribution >= 4 is 60.7 Å². The molecule has 0 aliphatic carbocycles. The predicted octanol–water partition coefficient (Wildman–Crippen LogP) is 5.39. The van der Waals surface area contributed by atoms with Crippen molar-refractivity contribution in [1.82, 2.24) is 0 Å². The van der Waals surface area contributed by atoms with E-state index in [-0.39, 0.29) is 17.4 Å². The molecule has 0 fully saturated rings. The Morgan fingerprint density at radius 2 is 2.06 bits per heavy atom. The zero-order chi connectivity index (χ0) is 13.1. The molecular formula is C12H7Br2FOS2. The molecule has 6 heteroatoms. The van der Waals surface area contributed by atoms with Crippen LogP contribution in [0, 0.1) is 5.82 Å². The van der Waals surface area contributed by atoms with E-state index in [2.05, 4.69) is 31.9 Å². The van der Waals surface area contributed by atoms with Gasteiger partial charge in [0.05, 0.1) is 13.3 Å². The first-order chi connectivity index (χ1) is 8.58. The van der Waals surface area contributed by atoms with Crippen molar-refractivity contribution in [3.63, 3.8) is 0 Å². The first-order valence-corrected chi connectivity index (χ1v) is 8.32. The van der Waals surface area contributed by atoms with Crippen LogP contribution in [0.2, 0.25) is 0 Å². The van der Waals surface area contributed by atoms with Crippen molar-refractivity contribution < 1.29 is 9.18 Å². The average Bonchev–Trinajstić information content (AvgIpc) is 2.67. The molecule has 0 spiro atoms. The first-order valence-electron chi connectivity index (χ1n) is 4.93. The Bertz CT molecular complexity index is 583. The molecule has 0 aliphatic heterocycles. The number of thioether (sulfide) groups is 1. The van der Waals surface area contributed by atoms with Crippen molar-refractivity contribution in [3.05, 3.63) is 49.3 Å². The maximum absolute atomic E-state index is 13.4. The summed E-state index contributed by atoms with van der Waals surface area (Å²) in [5.41, 5.74) is 0.635. The van der Waals surface area contributed by atoms with Gasteiger partial charge < -0.3 is 0 Å². The number of thiophene rings is 1. The third-order valence-electron chi connectivity index (χ3n) is 2.15. The molecule has 1 nitrogen and oxygen atoms in total. The van der Waals surface area contributed by atoms with Gasteiger partial charge in [-0.25, -0.2) is 4.39 Å². The molecule has 0 unspecified atom stereocenters. The minimum atomic E-state index is -0.291. The molecule has 1 aromatic heterocycles. The number of rotatable bonds is 4. The number of hydrogen-bond donors (Lipinski definition) is 0. The lowest BCUT2D eigenvalue weighted by atomic mass is 10.2. The molecule has 2 rings (SSSR count). The maximum Gasteiger partial charge on any atom is 0.175 e. The topological polar surface area (TPSA) is 17.1 Å². The van der Waals surface area contributed by atoms with Gasteiger partial charge in [0.25, 0.3) is 0 Å². The van der Waals surface area contributed by atoms with E-state index in [9.17, 15) is 9.18 Å². The van der Waals surface area contributed by atoms with Crippen molar-refractivity contribution in [1.29, 1.82) is 0 Å². The van der Waals surface area contributed by atoms with Crippen molar-refractivity contribution in [2.24, 2.45) is 0 Å². The van der Waals surface area contributed by atoms with E-state index in [1.165, 1.54) is 29.2 Å². The molecule has 94 valence electrons. The third kappa shape index (κ3) is 3.44. The second kappa shape index (κ2) is 6.32. The quantitative estimate of drug-likeness (QED) is 0.497. The summed E-state index contributed by atoms with van der Waals surface area (Å²) in [6.07, 6.45) is 0. The SMILES string of the molecule is O=C(CSc1ccccc1F)c1cc(Br)sc1Br. The second-order valence-corrected chi connectivity index (χ2v) is 8.15. The zero-order valence-electron chi connectivity index (χ0n) is 8.95. The van der Waals surface area contributed by atoms with E-state index in [4.69, 9.17) is 0 Å². The number of hydrogen-bond acceptors (Lipinski definition) is 3. The van der Waals surface area contributed by atoms with E-state index in [1.807, 2.05) is 0 Å². The van der Waals surface area contributed by atoms with Gasteiger partial charge in [0, 0.05) is 10.5 Å². The molecule has 0 atom stereocenters. The van der Waals surface area contributed by atoms with Gasteiger partial charge in [-0.3, -0.25) is 4.79 Å². The number of carbonyl (C=O) groups is 1. The fourth-order valence-corrected chi connectivity index (χ4v) is 4.99. The average molecular weight is 410 g/mol. The molecule has 1 aromatic carbocycles. The predicted molar refractivity (Wildman–Crippen MR) is 81.2 cm³/mol. The van der Waals surface area contributed by atoms with Crippen LogP contribution in [0.1, 0.15) is 10.4 Å². The summed E-state index contributed by atoms with van der Waals surface area (Å²) in [6.45, 7) is 0. The van der Waals surface area contributed by atoms with E-state index < -0.39 is 0 Å². The molecule has 0 N–H and O–H groups in total. The summed E-state index contributed by atoms with van der Waals surface area (Å²) < 4.78 is 15.1. The summed E-state index contributed by atoms with van der Waals surface area (Å²) in [4.78, 5) is 12.5. The van der Waals surface area contributed by atoms with Crippen molar-refractivity contribution in [2.75, 3.05) is 5.75 Å². The number of ketones is 1. The Hall–Kier alpha value is -0.170. The second-order valence-electron chi connectivity index (χ2n) is 3.38. The van der Waals surface area contributed by atoms with Gasteiger partial charge in [-0.1, -0.05) is 12.1 Å². The van der Waals surface area contributed by atoms with Crippen LogP contribution >= 0.6 is 55.0 Å². The normalized spacial score (nSPS) is 10.6. The summed E-state index contributed by atoms with van der Waals surface area (Å²) in [5, 5.41) is 0. The lowest BCUT2D eigenvalue weighted by Gasteiger charge is -2.01. The number of halogens is 3. The Morgan fingerprint density at radius 3 is 2.67 bits per heavy atom. The summed E-state index contributed by atoms with van der Waals surface area (Å²) >= 11 is 9.33. The minimum absolute atomic E-state index is 0.0166. The van der Waals surface area contributed by atoms with E-state index in [0.29, 0.717) is 10.5 Å². The van der Waals surface area contributed by atoms with Crippen LogP contribution in [0.3, 0.4) is 0 Å². The van der Waals surface area contributed by atoms with Gasteiger partial charge >= 0.3 is 0 Å². The summed E-state index contributed by atoms with van der Waals surface area (Å²) in [7, 11) is 0. The standard InChI is InChI=1S/C12H7Br2FOS2/c13-11-5-7(12(14)18-11)9(16)6-17-10-4-2-1-3-8(10)15/h1-5H,6H2. The van der Waals surface area contributed by atoms with Crippen LogP contribution < -0.4 is 0 Å². The highest BCUT2D eigenvalue weighted by atomic mass is 79.9. The maximum atomic E-state index is 13.4. The molecule has 0 amide bonds. The van der Waals surface area contributed by atoms with Gasteiger partial charge in [-0.05, 0) is 50.1 Å². The Kier molecular flexibility index (Phi) is 5.00. The van der Waals surface area contributed by atoms with E-state index >= 15 is 0 Å². The molecule has 0 saturated carbocycles. The van der Waals surface area contributed by atoms with Gasteiger partial charge in [0.1, 0.15) is 5.82 Å². The highest BCUT2D eigenvalue weighted by Gasteiger charge is 2.14. The molecule has 0 radical (unpaired) electrons. The highest BCUT2D eigenvalue weighted by Crippen LogP contribution is 2.33. The smallest absolute Gasteiger partial charge is 0.175 e. The largest absolute Gasteiger partial charge is 0.293 e. The van der Waals surface area contributed by atoms with Crippen LogP contribution in [0.15, 0.2) is 42.8 Å². The monoisotopic (exact) mass is 408 g/mol. The molecular weight excluding hydrogens is 403 g/mol. The summed E-state index contributed by atoms with van der Waals surface area (Å²) in [5.74, 6) is -0.0826. The van der Waals surface area contributed by atoms with Crippen molar-refractivity contribution in [3.8, 4) is 0 Å². The van der Waals surface area contributed by atoms with E-state index in [1.54, 1.807) is 24.3 Å². The van der Waals surface area contributed by atoms with Crippen LogP contribution in [-0.4, -0.2) is 11.5 Å². The third-order valence-corrected chi connectivity index (χ3v) is 5.54. The molecule has 0 aliphatic rings. The van der Waals surface area contributed by atoms with Gasteiger partial charge in [0.2, 0.25) is 0 Å². The van der Waals surface area contributed by atoms with Gasteiger partial charge in [-0.15, -0.1) is 23.1 Å². The molecule has 2 aromatic rings.